The summed E-state index contributed by atoms with van der Waals surface area (Å²) in [6.45, 7) is 0.525. The Morgan fingerprint density at radius 1 is 1.44 bits per heavy atom. The molecule has 18 heavy (non-hydrogen) atoms. The number of rotatable bonds is 9. The molecule has 0 aromatic rings. The van der Waals surface area contributed by atoms with E-state index in [1.54, 1.807) is 0 Å². The summed E-state index contributed by atoms with van der Waals surface area (Å²) in [6, 6.07) is 0.382. The number of hydrogen-bond acceptors (Lipinski definition) is 5. The predicted octanol–water partition coefficient (Wildman–Crippen LogP) is 0.733. The van der Waals surface area contributed by atoms with Crippen LogP contribution in [0.4, 0.5) is 0 Å². The third kappa shape index (κ3) is 9.69. The smallest absolute Gasteiger partial charge is 0.509 e. The predicted molar refractivity (Wildman–Crippen MR) is 72.5 cm³/mol. The summed E-state index contributed by atoms with van der Waals surface area (Å²) in [5.41, 5.74) is 6.89. The van der Waals surface area contributed by atoms with E-state index in [2.05, 4.69) is 17.1 Å². The van der Waals surface area contributed by atoms with Gasteiger partial charge in [-0.2, -0.15) is 0 Å². The van der Waals surface area contributed by atoms with Crippen LogP contribution in [0.2, 0.25) is 6.04 Å². The van der Waals surface area contributed by atoms with Gasteiger partial charge >= 0.3 is 8.80 Å². The van der Waals surface area contributed by atoms with E-state index in [1.165, 1.54) is 14.2 Å². The Labute approximate surface area is 132 Å². The number of amides is 1. The maximum absolute atomic E-state index is 11.3. The Balaban J connectivity index is -0.00000112. The van der Waals surface area contributed by atoms with Crippen LogP contribution in [-0.4, -0.2) is 50.4 Å². The van der Waals surface area contributed by atoms with Gasteiger partial charge in [0.2, 0.25) is 5.91 Å². The van der Waals surface area contributed by atoms with Gasteiger partial charge < -0.3 is 24.1 Å². The van der Waals surface area contributed by atoms with Gasteiger partial charge in [0.1, 0.15) is 7.58 Å². The molecule has 0 spiro atoms. The van der Waals surface area contributed by atoms with Crippen LogP contribution in [0.5, 0.6) is 0 Å². The molecule has 0 fully saturated rings. The molecule has 0 saturated carbocycles. The fourth-order valence-electron chi connectivity index (χ4n) is 1.02. The van der Waals surface area contributed by atoms with Crippen molar-refractivity contribution in [3.8, 4) is 0 Å². The average Bonchev–Trinajstić information content (AvgIpc) is 2.32. The van der Waals surface area contributed by atoms with Gasteiger partial charge in [-0.25, -0.2) is 0 Å². The van der Waals surface area contributed by atoms with Crippen LogP contribution in [-0.2, 0) is 50.7 Å². The molecule has 0 aliphatic carbocycles. The van der Waals surface area contributed by atoms with Crippen molar-refractivity contribution >= 4 is 42.5 Å². The van der Waals surface area contributed by atoms with Gasteiger partial charge in [0.25, 0.3) is 0 Å². The minimum atomic E-state index is -2.77. The van der Waals surface area contributed by atoms with Gasteiger partial charge in [0.15, 0.2) is 0 Å². The summed E-state index contributed by atoms with van der Waals surface area (Å²) >= 11 is 4.68. The molecule has 0 atom stereocenters. The molecule has 0 rings (SSSR count). The van der Waals surface area contributed by atoms with Gasteiger partial charge in [-0.15, -0.1) is 6.54 Å². The molecule has 6 nitrogen and oxygen atoms in total. The molecule has 2 N–H and O–H groups in total. The molecular weight excluding hydrogens is 462 g/mol. The van der Waals surface area contributed by atoms with E-state index in [9.17, 15) is 4.79 Å². The van der Waals surface area contributed by atoms with Crippen LogP contribution in [0.15, 0.2) is 0 Å². The number of nitrogens with one attached hydrogen (secondary N) is 2. The van der Waals surface area contributed by atoms with Crippen molar-refractivity contribution in [2.24, 2.45) is 0 Å². The summed E-state index contributed by atoms with van der Waals surface area (Å²) in [5.74, 6) is -0.136. The minimum Gasteiger partial charge on any atom is -0.676 e. The van der Waals surface area contributed by atoms with Crippen molar-refractivity contribution in [2.45, 2.75) is 12.5 Å². The molecule has 11 heteroatoms. The van der Waals surface area contributed by atoms with Crippen molar-refractivity contribution in [3.05, 3.63) is 5.73 Å². The van der Waals surface area contributed by atoms with Crippen molar-refractivity contribution in [1.82, 2.24) is 5.32 Å². The molecule has 103 valence electrons. The standard InChI is InChI=1S/C7H16N2O4PSSi.B.W/c1-11-16(12-2,13-14-15)6-3-7(10)9-5-4-8;;/h8H,3-6H2,1-2H3,(H,9,10);;/q-1;;. The first-order valence-corrected chi connectivity index (χ1v) is 8.42. The normalized spacial score (nSPS) is 10.4. The van der Waals surface area contributed by atoms with Crippen LogP contribution in [0.1, 0.15) is 6.42 Å². The first kappa shape index (κ1) is 23.9. The van der Waals surface area contributed by atoms with E-state index in [0.717, 1.165) is 0 Å². The first-order chi connectivity index (χ1) is 7.64. The Kier molecular flexibility index (Phi) is 18.8. The van der Waals surface area contributed by atoms with E-state index in [4.69, 9.17) is 18.8 Å². The summed E-state index contributed by atoms with van der Waals surface area (Å²) in [6.07, 6.45) is 0.249. The van der Waals surface area contributed by atoms with Gasteiger partial charge in [-0.05, 0) is 18.4 Å². The summed E-state index contributed by atoms with van der Waals surface area (Å²) in [7, 11) is 0.509. The minimum absolute atomic E-state index is 0. The maximum Gasteiger partial charge on any atom is 0.509 e. The fourth-order valence-corrected chi connectivity index (χ4v) is 4.57. The van der Waals surface area contributed by atoms with E-state index in [0.29, 0.717) is 20.2 Å². The quantitative estimate of drug-likeness (QED) is 0.391. The first-order valence-electron chi connectivity index (χ1n) is 4.66. The molecule has 1 amide bonds. The summed E-state index contributed by atoms with van der Waals surface area (Å²) in [5, 5.41) is 2.60. The fraction of sp³-hybridized carbons (Fsp3) is 0.857. The summed E-state index contributed by atoms with van der Waals surface area (Å²) in [4.78, 5) is 11.3. The van der Waals surface area contributed by atoms with E-state index in [1.807, 2.05) is 0 Å². The second-order valence-electron chi connectivity index (χ2n) is 2.86. The van der Waals surface area contributed by atoms with E-state index in [-0.39, 0.29) is 48.4 Å². The van der Waals surface area contributed by atoms with Crippen LogP contribution >= 0.6 is 7.58 Å². The van der Waals surface area contributed by atoms with E-state index >= 15 is 0 Å². The largest absolute Gasteiger partial charge is 0.676 e. The number of hydrogen-bond donors (Lipinski definition) is 1. The molecule has 0 aliphatic rings. The van der Waals surface area contributed by atoms with Crippen molar-refractivity contribution < 1.29 is 38.9 Å². The van der Waals surface area contributed by atoms with Crippen molar-refractivity contribution in [2.75, 3.05) is 27.3 Å². The van der Waals surface area contributed by atoms with Crippen LogP contribution < -0.4 is 5.32 Å². The summed E-state index contributed by atoms with van der Waals surface area (Å²) < 4.78 is 15.6. The molecular formula is C7H16BN2O4PSSiW-. The Hall–Kier alpha value is 0.800. The molecule has 0 unspecified atom stereocenters. The van der Waals surface area contributed by atoms with Gasteiger partial charge in [-0.3, -0.25) is 4.79 Å². The Morgan fingerprint density at radius 2 is 2.00 bits per heavy atom. The molecule has 0 aliphatic heterocycles. The average molecular weight is 478 g/mol. The van der Waals surface area contributed by atoms with Gasteiger partial charge in [-0.1, -0.05) is 0 Å². The van der Waals surface area contributed by atoms with Crippen molar-refractivity contribution in [1.29, 1.82) is 0 Å². The maximum atomic E-state index is 11.3. The zero-order valence-corrected chi connectivity index (χ0v) is 15.9. The van der Waals surface area contributed by atoms with Gasteiger partial charge in [0, 0.05) is 56.2 Å². The SMILES string of the molecule is CO[Si](CCC(=O)NCC[NH-])(OC)OP=S.[B].[W]. The molecule has 0 aromatic heterocycles. The zero-order chi connectivity index (χ0) is 12.4. The third-order valence-corrected chi connectivity index (χ3v) is 6.09. The van der Waals surface area contributed by atoms with Crippen LogP contribution in [0.25, 0.3) is 5.73 Å². The zero-order valence-electron chi connectivity index (χ0n) is 10.3. The number of carbonyl (C=O) groups is 1. The number of carbonyl (C=O) groups excluding carboxylic acids is 1. The Morgan fingerprint density at radius 3 is 2.39 bits per heavy atom. The van der Waals surface area contributed by atoms with Crippen LogP contribution in [0, 0.1) is 0 Å². The van der Waals surface area contributed by atoms with E-state index < -0.39 is 8.80 Å². The third-order valence-electron chi connectivity index (χ3n) is 1.90. The second kappa shape index (κ2) is 14.2. The molecule has 0 bridgehead atoms. The molecule has 0 heterocycles. The topological polar surface area (TPSA) is 80.6 Å². The molecule has 0 aromatic carbocycles. The molecule has 3 radical (unpaired) electrons. The second-order valence-corrected chi connectivity index (χ2v) is 6.87. The van der Waals surface area contributed by atoms with Crippen molar-refractivity contribution in [3.63, 3.8) is 0 Å². The van der Waals surface area contributed by atoms with Gasteiger partial charge in [0.05, 0.1) is 0 Å². The Bertz CT molecular complexity index is 241. The monoisotopic (exact) mass is 478 g/mol. The molecule has 0 saturated heterocycles. The van der Waals surface area contributed by atoms with Crippen LogP contribution in [0.3, 0.4) is 0 Å².